The predicted molar refractivity (Wildman–Crippen MR) is 80.6 cm³/mol. The molecule has 5 heteroatoms. The summed E-state index contributed by atoms with van der Waals surface area (Å²) in [5.74, 6) is 0.736. The molecule has 19 heavy (non-hydrogen) atoms. The van der Waals surface area contributed by atoms with Crippen molar-refractivity contribution < 1.29 is 0 Å². The summed E-state index contributed by atoms with van der Waals surface area (Å²) in [5.41, 5.74) is 9.18. The van der Waals surface area contributed by atoms with Gasteiger partial charge in [0.25, 0.3) is 0 Å². The second-order valence-electron chi connectivity index (χ2n) is 4.33. The maximum atomic E-state index is 6.24. The van der Waals surface area contributed by atoms with Gasteiger partial charge in [0.05, 0.1) is 21.6 Å². The summed E-state index contributed by atoms with van der Waals surface area (Å²) in [6, 6.07) is 11.0. The van der Waals surface area contributed by atoms with Crippen LogP contribution in [0.1, 0.15) is 0 Å². The molecule has 1 heterocycles. The quantitative estimate of drug-likeness (QED) is 0.685. The van der Waals surface area contributed by atoms with E-state index in [4.69, 9.17) is 28.9 Å². The van der Waals surface area contributed by atoms with E-state index in [1.54, 1.807) is 6.07 Å². The minimum absolute atomic E-state index is 0.588. The maximum Gasteiger partial charge on any atom is 0.144 e. The molecule has 0 saturated carbocycles. The third-order valence-corrected chi connectivity index (χ3v) is 3.66. The zero-order valence-electron chi connectivity index (χ0n) is 10.2. The smallest absolute Gasteiger partial charge is 0.144 e. The van der Waals surface area contributed by atoms with Gasteiger partial charge in [-0.15, -0.1) is 0 Å². The number of hydrogen-bond acceptors (Lipinski definition) is 2. The van der Waals surface area contributed by atoms with Crippen molar-refractivity contribution in [1.82, 2.24) is 9.55 Å². The van der Waals surface area contributed by atoms with Crippen molar-refractivity contribution in [1.29, 1.82) is 0 Å². The van der Waals surface area contributed by atoms with Crippen LogP contribution in [0.5, 0.6) is 0 Å². The lowest BCUT2D eigenvalue weighted by atomic mass is 10.1. The first-order chi connectivity index (χ1) is 9.08. The van der Waals surface area contributed by atoms with Gasteiger partial charge in [0.1, 0.15) is 5.82 Å². The number of imidazole rings is 1. The van der Waals surface area contributed by atoms with Gasteiger partial charge in [0.15, 0.2) is 0 Å². The molecular weight excluding hydrogens is 281 g/mol. The zero-order chi connectivity index (χ0) is 13.6. The Kier molecular flexibility index (Phi) is 2.88. The molecule has 0 bridgehead atoms. The number of aryl methyl sites for hydroxylation is 1. The van der Waals surface area contributed by atoms with E-state index in [2.05, 4.69) is 4.98 Å². The number of aromatic nitrogens is 2. The minimum Gasteiger partial charge on any atom is -0.398 e. The van der Waals surface area contributed by atoms with Crippen molar-refractivity contribution in [3.8, 4) is 11.4 Å². The largest absolute Gasteiger partial charge is 0.398 e. The van der Waals surface area contributed by atoms with Crippen LogP contribution in [0.4, 0.5) is 5.69 Å². The molecule has 0 aliphatic heterocycles. The Labute approximate surface area is 120 Å². The van der Waals surface area contributed by atoms with E-state index in [1.165, 1.54) is 0 Å². The number of benzene rings is 2. The molecule has 0 aliphatic rings. The molecule has 0 spiro atoms. The molecule has 2 aromatic carbocycles. The second-order valence-corrected chi connectivity index (χ2v) is 5.18. The molecule has 0 aliphatic carbocycles. The highest BCUT2D eigenvalue weighted by atomic mass is 35.5. The Balaban J connectivity index is 2.34. The lowest BCUT2D eigenvalue weighted by Gasteiger charge is -2.07. The average molecular weight is 292 g/mol. The number of nitrogen functional groups attached to an aromatic ring is 1. The van der Waals surface area contributed by atoms with Crippen molar-refractivity contribution >= 4 is 39.9 Å². The lowest BCUT2D eigenvalue weighted by molar-refractivity contribution is 0.960. The van der Waals surface area contributed by atoms with E-state index in [-0.39, 0.29) is 0 Å². The molecule has 96 valence electrons. The van der Waals surface area contributed by atoms with Crippen LogP contribution in [0.2, 0.25) is 10.0 Å². The van der Waals surface area contributed by atoms with Gasteiger partial charge >= 0.3 is 0 Å². The second kappa shape index (κ2) is 4.44. The van der Waals surface area contributed by atoms with Gasteiger partial charge in [-0.1, -0.05) is 29.3 Å². The van der Waals surface area contributed by atoms with Gasteiger partial charge < -0.3 is 10.3 Å². The average Bonchev–Trinajstić information content (AvgIpc) is 2.66. The standard InChI is InChI=1S/C14H11Cl2N3/c1-19-12-6-5-8(15)7-11(12)18-14(19)13-9(16)3-2-4-10(13)17/h2-7H,17H2,1H3. The molecule has 0 saturated heterocycles. The van der Waals surface area contributed by atoms with Crippen molar-refractivity contribution in [3.05, 3.63) is 46.4 Å². The molecule has 3 nitrogen and oxygen atoms in total. The first kappa shape index (κ1) is 12.3. The molecule has 0 amide bonds. The number of fused-ring (bicyclic) bond motifs is 1. The fourth-order valence-electron chi connectivity index (χ4n) is 2.17. The summed E-state index contributed by atoms with van der Waals surface area (Å²) in [4.78, 5) is 4.58. The molecular formula is C14H11Cl2N3. The molecule has 0 radical (unpaired) electrons. The summed E-state index contributed by atoms with van der Waals surface area (Å²) in [6.45, 7) is 0. The van der Waals surface area contributed by atoms with E-state index >= 15 is 0 Å². The highest BCUT2D eigenvalue weighted by Crippen LogP contribution is 2.34. The first-order valence-electron chi connectivity index (χ1n) is 5.74. The topological polar surface area (TPSA) is 43.8 Å². The maximum absolute atomic E-state index is 6.24. The Hall–Kier alpha value is -1.71. The van der Waals surface area contributed by atoms with Gasteiger partial charge in [-0.25, -0.2) is 4.98 Å². The van der Waals surface area contributed by atoms with Crippen LogP contribution in [0.25, 0.3) is 22.4 Å². The van der Waals surface area contributed by atoms with Crippen LogP contribution in [0.15, 0.2) is 36.4 Å². The molecule has 0 fully saturated rings. The summed E-state index contributed by atoms with van der Waals surface area (Å²) in [7, 11) is 1.93. The summed E-state index contributed by atoms with van der Waals surface area (Å²) in [5, 5.41) is 1.24. The van der Waals surface area contributed by atoms with Crippen LogP contribution in [-0.4, -0.2) is 9.55 Å². The van der Waals surface area contributed by atoms with Crippen molar-refractivity contribution in [3.63, 3.8) is 0 Å². The van der Waals surface area contributed by atoms with Gasteiger partial charge in [-0.2, -0.15) is 0 Å². The van der Waals surface area contributed by atoms with Crippen molar-refractivity contribution in [2.75, 3.05) is 5.73 Å². The SMILES string of the molecule is Cn1c(-c2c(N)cccc2Cl)nc2cc(Cl)ccc21. The zero-order valence-corrected chi connectivity index (χ0v) is 11.7. The van der Waals surface area contributed by atoms with Gasteiger partial charge in [-0.3, -0.25) is 0 Å². The van der Waals surface area contributed by atoms with E-state index < -0.39 is 0 Å². The number of hydrogen-bond donors (Lipinski definition) is 1. The Morgan fingerprint density at radius 3 is 2.68 bits per heavy atom. The normalized spacial score (nSPS) is 11.1. The molecule has 3 rings (SSSR count). The highest BCUT2D eigenvalue weighted by molar-refractivity contribution is 6.34. The molecule has 0 unspecified atom stereocenters. The van der Waals surface area contributed by atoms with E-state index in [0.717, 1.165) is 22.4 Å². The van der Waals surface area contributed by atoms with Crippen LogP contribution in [0.3, 0.4) is 0 Å². The Morgan fingerprint density at radius 1 is 1.16 bits per heavy atom. The van der Waals surface area contributed by atoms with Crippen LogP contribution >= 0.6 is 23.2 Å². The highest BCUT2D eigenvalue weighted by Gasteiger charge is 2.15. The van der Waals surface area contributed by atoms with Gasteiger partial charge in [0.2, 0.25) is 0 Å². The number of nitrogens with zero attached hydrogens (tertiary/aromatic N) is 2. The molecule has 1 aromatic heterocycles. The Bertz CT molecular complexity index is 757. The van der Waals surface area contributed by atoms with E-state index in [1.807, 2.05) is 41.9 Å². The molecule has 0 atom stereocenters. The van der Waals surface area contributed by atoms with Crippen LogP contribution in [-0.2, 0) is 7.05 Å². The van der Waals surface area contributed by atoms with E-state index in [9.17, 15) is 0 Å². The summed E-state index contributed by atoms with van der Waals surface area (Å²) in [6.07, 6.45) is 0. The summed E-state index contributed by atoms with van der Waals surface area (Å²) < 4.78 is 1.96. The third kappa shape index (κ3) is 1.95. The van der Waals surface area contributed by atoms with Gasteiger partial charge in [0, 0.05) is 17.8 Å². The Morgan fingerprint density at radius 2 is 1.95 bits per heavy atom. The number of nitrogens with two attached hydrogens (primary N) is 1. The van der Waals surface area contributed by atoms with Gasteiger partial charge in [-0.05, 0) is 30.3 Å². The summed E-state index contributed by atoms with van der Waals surface area (Å²) >= 11 is 12.2. The fourth-order valence-corrected chi connectivity index (χ4v) is 2.61. The number of halogens is 2. The van der Waals surface area contributed by atoms with Crippen LogP contribution in [0, 0.1) is 0 Å². The van der Waals surface area contributed by atoms with Crippen LogP contribution < -0.4 is 5.73 Å². The number of rotatable bonds is 1. The lowest BCUT2D eigenvalue weighted by Crippen LogP contribution is -1.97. The minimum atomic E-state index is 0.588. The first-order valence-corrected chi connectivity index (χ1v) is 6.50. The molecule has 2 N–H and O–H groups in total. The monoisotopic (exact) mass is 291 g/mol. The molecule has 3 aromatic rings. The van der Waals surface area contributed by atoms with E-state index in [0.29, 0.717) is 15.7 Å². The van der Waals surface area contributed by atoms with Crippen molar-refractivity contribution in [2.45, 2.75) is 0 Å². The van der Waals surface area contributed by atoms with Crippen molar-refractivity contribution in [2.24, 2.45) is 7.05 Å². The third-order valence-electron chi connectivity index (χ3n) is 3.11. The predicted octanol–water partition coefficient (Wildman–Crippen LogP) is 4.13. The number of anilines is 1. The fraction of sp³-hybridized carbons (Fsp3) is 0.0714.